The Kier molecular flexibility index (Phi) is 3.97. The summed E-state index contributed by atoms with van der Waals surface area (Å²) in [5.74, 6) is 0. The third-order valence-electron chi connectivity index (χ3n) is 1.80. The lowest BCUT2D eigenvalue weighted by atomic mass is 10.1. The summed E-state index contributed by atoms with van der Waals surface area (Å²) in [6.45, 7) is 0. The SMILES string of the molecule is CNC(CC(F)(F)F)c1cscc1Br. The van der Waals surface area contributed by atoms with Crippen LogP contribution in [0.2, 0.25) is 0 Å². The number of hydrogen-bond acceptors (Lipinski definition) is 2. The van der Waals surface area contributed by atoms with Crippen LogP contribution < -0.4 is 5.32 Å². The van der Waals surface area contributed by atoms with E-state index in [-0.39, 0.29) is 0 Å². The molecule has 1 atom stereocenters. The molecule has 0 fully saturated rings. The zero-order valence-electron chi connectivity index (χ0n) is 7.36. The van der Waals surface area contributed by atoms with Crippen LogP contribution in [0.4, 0.5) is 13.2 Å². The zero-order chi connectivity index (χ0) is 10.8. The molecule has 1 heterocycles. The molecule has 6 heteroatoms. The number of thiophene rings is 1. The molecule has 1 rings (SSSR count). The number of halogens is 4. The maximum atomic E-state index is 12.2. The minimum absolute atomic E-state index is 0.662. The normalized spacial score (nSPS) is 14.4. The molecule has 0 bridgehead atoms. The van der Waals surface area contributed by atoms with Gasteiger partial charge in [-0.15, -0.1) is 0 Å². The Morgan fingerprint density at radius 2 is 2.14 bits per heavy atom. The van der Waals surface area contributed by atoms with Crippen molar-refractivity contribution >= 4 is 27.3 Å². The summed E-state index contributed by atoms with van der Waals surface area (Å²) in [6.07, 6.45) is -4.99. The van der Waals surface area contributed by atoms with E-state index in [1.165, 1.54) is 18.4 Å². The molecule has 1 aromatic heterocycles. The molecule has 1 aromatic rings. The highest BCUT2D eigenvalue weighted by atomic mass is 79.9. The van der Waals surface area contributed by atoms with Gasteiger partial charge in [0.05, 0.1) is 6.42 Å². The van der Waals surface area contributed by atoms with Crippen LogP contribution in [0.15, 0.2) is 15.2 Å². The molecule has 0 radical (unpaired) electrons. The third kappa shape index (κ3) is 3.25. The molecular weight excluding hydrogens is 279 g/mol. The Bertz CT molecular complexity index is 297. The Balaban J connectivity index is 2.78. The summed E-state index contributed by atoms with van der Waals surface area (Å²) in [5.41, 5.74) is 0.662. The first-order valence-corrected chi connectivity index (χ1v) is 5.63. The summed E-state index contributed by atoms with van der Waals surface area (Å²) < 4.78 is 37.2. The average Bonchev–Trinajstić information content (AvgIpc) is 2.45. The first kappa shape index (κ1) is 12.0. The highest BCUT2D eigenvalue weighted by Crippen LogP contribution is 2.34. The standard InChI is InChI=1S/C8H9BrF3NS/c1-13-7(2-8(10,11)12)5-3-14-4-6(5)9/h3-4,7,13H,2H2,1H3. The molecule has 1 nitrogen and oxygen atoms in total. The highest BCUT2D eigenvalue weighted by Gasteiger charge is 2.32. The number of nitrogens with one attached hydrogen (secondary N) is 1. The number of alkyl halides is 3. The molecule has 0 amide bonds. The van der Waals surface area contributed by atoms with Crippen molar-refractivity contribution in [2.45, 2.75) is 18.6 Å². The van der Waals surface area contributed by atoms with E-state index in [9.17, 15) is 13.2 Å². The Hall–Kier alpha value is -0.0700. The summed E-state index contributed by atoms with van der Waals surface area (Å²) in [6, 6.07) is -0.671. The van der Waals surface area contributed by atoms with Crippen LogP contribution >= 0.6 is 27.3 Å². The fraction of sp³-hybridized carbons (Fsp3) is 0.500. The van der Waals surface area contributed by atoms with Gasteiger partial charge in [-0.05, 0) is 33.9 Å². The lowest BCUT2D eigenvalue weighted by molar-refractivity contribution is -0.140. The van der Waals surface area contributed by atoms with E-state index >= 15 is 0 Å². The topological polar surface area (TPSA) is 12.0 Å². The van der Waals surface area contributed by atoms with Gasteiger partial charge in [-0.1, -0.05) is 0 Å². The van der Waals surface area contributed by atoms with Crippen LogP contribution in [-0.2, 0) is 0 Å². The van der Waals surface area contributed by atoms with Crippen molar-refractivity contribution in [3.05, 3.63) is 20.8 Å². The lowest BCUT2D eigenvalue weighted by Gasteiger charge is -2.17. The first-order chi connectivity index (χ1) is 6.44. The van der Waals surface area contributed by atoms with Crippen LogP contribution in [0.25, 0.3) is 0 Å². The largest absolute Gasteiger partial charge is 0.390 e. The van der Waals surface area contributed by atoms with E-state index in [1.54, 1.807) is 10.8 Å². The average molecular weight is 288 g/mol. The van der Waals surface area contributed by atoms with Crippen molar-refractivity contribution in [1.82, 2.24) is 5.32 Å². The van der Waals surface area contributed by atoms with E-state index < -0.39 is 18.6 Å². The van der Waals surface area contributed by atoms with Gasteiger partial charge in [0.25, 0.3) is 0 Å². The van der Waals surface area contributed by atoms with E-state index in [0.717, 1.165) is 4.47 Å². The van der Waals surface area contributed by atoms with E-state index in [1.807, 2.05) is 0 Å². The predicted molar refractivity (Wildman–Crippen MR) is 54.5 cm³/mol. The molecule has 0 saturated heterocycles. The predicted octanol–water partition coefficient (Wildman–Crippen LogP) is 3.72. The van der Waals surface area contributed by atoms with Crippen molar-refractivity contribution < 1.29 is 13.2 Å². The zero-order valence-corrected chi connectivity index (χ0v) is 9.76. The summed E-state index contributed by atoms with van der Waals surface area (Å²) in [7, 11) is 1.53. The number of rotatable bonds is 3. The van der Waals surface area contributed by atoms with Gasteiger partial charge in [-0.25, -0.2) is 0 Å². The Labute approximate surface area is 92.4 Å². The second-order valence-electron chi connectivity index (χ2n) is 2.84. The summed E-state index contributed by atoms with van der Waals surface area (Å²) >= 11 is 4.60. The van der Waals surface area contributed by atoms with Crippen molar-refractivity contribution in [2.75, 3.05) is 7.05 Å². The Morgan fingerprint density at radius 1 is 1.50 bits per heavy atom. The van der Waals surface area contributed by atoms with Crippen LogP contribution in [0, 0.1) is 0 Å². The molecular formula is C8H9BrF3NS. The van der Waals surface area contributed by atoms with Crippen molar-refractivity contribution in [3.8, 4) is 0 Å². The van der Waals surface area contributed by atoms with Gasteiger partial charge in [0.15, 0.2) is 0 Å². The van der Waals surface area contributed by atoms with Crippen LogP contribution in [0.5, 0.6) is 0 Å². The second kappa shape index (κ2) is 4.63. The molecule has 0 aliphatic carbocycles. The van der Waals surface area contributed by atoms with Gasteiger partial charge in [0.2, 0.25) is 0 Å². The minimum atomic E-state index is -4.14. The van der Waals surface area contributed by atoms with E-state index in [0.29, 0.717) is 5.56 Å². The minimum Gasteiger partial charge on any atom is -0.313 e. The van der Waals surface area contributed by atoms with Crippen LogP contribution in [0.3, 0.4) is 0 Å². The summed E-state index contributed by atoms with van der Waals surface area (Å²) in [5, 5.41) is 6.15. The van der Waals surface area contributed by atoms with Gasteiger partial charge in [-0.2, -0.15) is 24.5 Å². The molecule has 1 N–H and O–H groups in total. The smallest absolute Gasteiger partial charge is 0.313 e. The van der Waals surface area contributed by atoms with Crippen molar-refractivity contribution in [2.24, 2.45) is 0 Å². The highest BCUT2D eigenvalue weighted by molar-refractivity contribution is 9.10. The quantitative estimate of drug-likeness (QED) is 0.893. The monoisotopic (exact) mass is 287 g/mol. The van der Waals surface area contributed by atoms with Gasteiger partial charge < -0.3 is 5.32 Å². The Morgan fingerprint density at radius 3 is 2.50 bits per heavy atom. The van der Waals surface area contributed by atoms with Crippen molar-refractivity contribution in [3.63, 3.8) is 0 Å². The molecule has 1 unspecified atom stereocenters. The molecule has 0 spiro atoms. The van der Waals surface area contributed by atoms with Crippen LogP contribution in [-0.4, -0.2) is 13.2 Å². The third-order valence-corrected chi connectivity index (χ3v) is 3.55. The molecule has 0 aliphatic heterocycles. The maximum absolute atomic E-state index is 12.2. The van der Waals surface area contributed by atoms with E-state index in [4.69, 9.17) is 0 Å². The van der Waals surface area contributed by atoms with Gasteiger partial charge >= 0.3 is 6.18 Å². The lowest BCUT2D eigenvalue weighted by Crippen LogP contribution is -2.23. The number of hydrogen-bond donors (Lipinski definition) is 1. The van der Waals surface area contributed by atoms with Crippen molar-refractivity contribution in [1.29, 1.82) is 0 Å². The first-order valence-electron chi connectivity index (χ1n) is 3.89. The van der Waals surface area contributed by atoms with Gasteiger partial charge in [-0.3, -0.25) is 0 Å². The fourth-order valence-electron chi connectivity index (χ4n) is 1.14. The van der Waals surface area contributed by atoms with Gasteiger partial charge in [0, 0.05) is 15.9 Å². The fourth-order valence-corrected chi connectivity index (χ4v) is 2.77. The summed E-state index contributed by atoms with van der Waals surface area (Å²) in [4.78, 5) is 0. The van der Waals surface area contributed by atoms with Gasteiger partial charge in [0.1, 0.15) is 0 Å². The van der Waals surface area contributed by atoms with Crippen LogP contribution in [0.1, 0.15) is 18.0 Å². The van der Waals surface area contributed by atoms with E-state index in [2.05, 4.69) is 21.2 Å². The molecule has 14 heavy (non-hydrogen) atoms. The second-order valence-corrected chi connectivity index (χ2v) is 4.43. The molecule has 0 aromatic carbocycles. The molecule has 0 saturated carbocycles. The maximum Gasteiger partial charge on any atom is 0.390 e. The molecule has 80 valence electrons. The molecule has 0 aliphatic rings.